The predicted octanol–water partition coefficient (Wildman–Crippen LogP) is 4.72. The van der Waals surface area contributed by atoms with E-state index in [2.05, 4.69) is 22.1 Å². The van der Waals surface area contributed by atoms with Crippen molar-refractivity contribution in [3.8, 4) is 0 Å². The lowest BCUT2D eigenvalue weighted by Gasteiger charge is -2.37. The van der Waals surface area contributed by atoms with Crippen LogP contribution in [0.5, 0.6) is 0 Å². The standard InChI is InChI=1S/C21H27N3O/c1-4-17-9-5-6-13-24(17)18-11-12-22-20(14-18)21(25)23-19-10-7-8-15(2)16(19)3/h7-8,10-12,14,17H,4-6,9,13H2,1-3H3,(H,23,25). The summed E-state index contributed by atoms with van der Waals surface area (Å²) in [6.45, 7) is 7.36. The summed E-state index contributed by atoms with van der Waals surface area (Å²) in [5.41, 5.74) is 4.68. The number of anilines is 2. The van der Waals surface area contributed by atoms with E-state index in [0.29, 0.717) is 11.7 Å². The molecule has 1 fully saturated rings. The molecule has 0 spiro atoms. The van der Waals surface area contributed by atoms with Crippen LogP contribution < -0.4 is 10.2 Å². The molecule has 2 heterocycles. The van der Waals surface area contributed by atoms with Crippen LogP contribution in [0.2, 0.25) is 0 Å². The summed E-state index contributed by atoms with van der Waals surface area (Å²) >= 11 is 0. The second kappa shape index (κ2) is 7.68. The molecule has 3 rings (SSSR count). The molecule has 1 amide bonds. The number of aryl methyl sites for hydroxylation is 1. The number of hydrogen-bond donors (Lipinski definition) is 1. The Morgan fingerprint density at radius 1 is 1.28 bits per heavy atom. The highest BCUT2D eigenvalue weighted by Gasteiger charge is 2.22. The lowest BCUT2D eigenvalue weighted by atomic mass is 9.99. The van der Waals surface area contributed by atoms with Gasteiger partial charge in [0.2, 0.25) is 0 Å². The zero-order valence-electron chi connectivity index (χ0n) is 15.4. The number of piperidine rings is 1. The first-order chi connectivity index (χ1) is 12.1. The van der Waals surface area contributed by atoms with Gasteiger partial charge in [-0.05, 0) is 68.9 Å². The fourth-order valence-electron chi connectivity index (χ4n) is 3.56. The van der Waals surface area contributed by atoms with Crippen LogP contribution in [0.15, 0.2) is 36.5 Å². The maximum Gasteiger partial charge on any atom is 0.274 e. The first kappa shape index (κ1) is 17.5. The number of carbonyl (C=O) groups excluding carboxylic acids is 1. The van der Waals surface area contributed by atoms with Gasteiger partial charge in [-0.15, -0.1) is 0 Å². The third-order valence-corrected chi connectivity index (χ3v) is 5.26. The number of nitrogens with zero attached hydrogens (tertiary/aromatic N) is 2. The summed E-state index contributed by atoms with van der Waals surface area (Å²) in [5, 5.41) is 3.00. The third kappa shape index (κ3) is 3.84. The van der Waals surface area contributed by atoms with Crippen molar-refractivity contribution in [1.82, 2.24) is 4.98 Å². The molecule has 0 bridgehead atoms. The molecule has 1 aliphatic rings. The van der Waals surface area contributed by atoms with Gasteiger partial charge < -0.3 is 10.2 Å². The van der Waals surface area contributed by atoms with E-state index < -0.39 is 0 Å². The fraction of sp³-hybridized carbons (Fsp3) is 0.429. The molecule has 132 valence electrons. The van der Waals surface area contributed by atoms with Gasteiger partial charge in [-0.25, -0.2) is 0 Å². The summed E-state index contributed by atoms with van der Waals surface area (Å²) < 4.78 is 0. The van der Waals surface area contributed by atoms with Crippen molar-refractivity contribution >= 4 is 17.3 Å². The minimum Gasteiger partial charge on any atom is -0.368 e. The van der Waals surface area contributed by atoms with E-state index >= 15 is 0 Å². The quantitative estimate of drug-likeness (QED) is 0.878. The van der Waals surface area contributed by atoms with Crippen LogP contribution in [0.1, 0.15) is 54.2 Å². The van der Waals surface area contributed by atoms with Gasteiger partial charge in [0.05, 0.1) is 0 Å². The number of carbonyl (C=O) groups is 1. The number of pyridine rings is 1. The number of amides is 1. The molecule has 0 aliphatic carbocycles. The lowest BCUT2D eigenvalue weighted by molar-refractivity contribution is 0.102. The fourth-order valence-corrected chi connectivity index (χ4v) is 3.56. The molecule has 4 nitrogen and oxygen atoms in total. The third-order valence-electron chi connectivity index (χ3n) is 5.26. The van der Waals surface area contributed by atoms with Gasteiger partial charge in [0.1, 0.15) is 5.69 Å². The highest BCUT2D eigenvalue weighted by atomic mass is 16.1. The van der Waals surface area contributed by atoms with E-state index in [9.17, 15) is 4.79 Å². The van der Waals surface area contributed by atoms with Gasteiger partial charge in [0.15, 0.2) is 0 Å². The minimum absolute atomic E-state index is 0.152. The zero-order chi connectivity index (χ0) is 17.8. The molecule has 2 aromatic rings. The Hall–Kier alpha value is -2.36. The van der Waals surface area contributed by atoms with E-state index in [4.69, 9.17) is 0 Å². The van der Waals surface area contributed by atoms with Crippen molar-refractivity contribution in [2.75, 3.05) is 16.8 Å². The van der Waals surface area contributed by atoms with Crippen molar-refractivity contribution in [2.24, 2.45) is 0 Å². The van der Waals surface area contributed by atoms with Crippen LogP contribution in [-0.2, 0) is 0 Å². The molecule has 1 saturated heterocycles. The molecule has 1 unspecified atom stereocenters. The number of hydrogen-bond acceptors (Lipinski definition) is 3. The Balaban J connectivity index is 1.81. The molecule has 4 heteroatoms. The van der Waals surface area contributed by atoms with Crippen molar-refractivity contribution in [1.29, 1.82) is 0 Å². The molecular formula is C21H27N3O. The topological polar surface area (TPSA) is 45.2 Å². The first-order valence-electron chi connectivity index (χ1n) is 9.20. The average Bonchev–Trinajstić information content (AvgIpc) is 2.65. The first-order valence-corrected chi connectivity index (χ1v) is 9.20. The summed E-state index contributed by atoms with van der Waals surface area (Å²) in [4.78, 5) is 19.4. The van der Waals surface area contributed by atoms with Crippen LogP contribution in [-0.4, -0.2) is 23.5 Å². The molecule has 1 aromatic heterocycles. The lowest BCUT2D eigenvalue weighted by Crippen LogP contribution is -2.39. The highest BCUT2D eigenvalue weighted by Crippen LogP contribution is 2.27. The van der Waals surface area contributed by atoms with Gasteiger partial charge in [-0.2, -0.15) is 0 Å². The SMILES string of the molecule is CCC1CCCCN1c1ccnc(C(=O)Nc2cccc(C)c2C)c1. The van der Waals surface area contributed by atoms with Crippen molar-refractivity contribution in [2.45, 2.75) is 52.5 Å². The van der Waals surface area contributed by atoms with E-state index in [1.165, 1.54) is 24.8 Å². The van der Waals surface area contributed by atoms with Crippen LogP contribution >= 0.6 is 0 Å². The van der Waals surface area contributed by atoms with E-state index in [0.717, 1.165) is 29.9 Å². The largest absolute Gasteiger partial charge is 0.368 e. The smallest absolute Gasteiger partial charge is 0.274 e. The summed E-state index contributed by atoms with van der Waals surface area (Å²) in [7, 11) is 0. The summed E-state index contributed by atoms with van der Waals surface area (Å²) in [6.07, 6.45) is 6.60. The minimum atomic E-state index is -0.152. The summed E-state index contributed by atoms with van der Waals surface area (Å²) in [5.74, 6) is -0.152. The summed E-state index contributed by atoms with van der Waals surface area (Å²) in [6, 6.07) is 10.4. The second-order valence-electron chi connectivity index (χ2n) is 6.85. The van der Waals surface area contributed by atoms with Crippen LogP contribution in [0, 0.1) is 13.8 Å². The van der Waals surface area contributed by atoms with Crippen LogP contribution in [0.25, 0.3) is 0 Å². The zero-order valence-corrected chi connectivity index (χ0v) is 15.4. The maximum absolute atomic E-state index is 12.7. The average molecular weight is 337 g/mol. The van der Waals surface area contributed by atoms with E-state index in [1.54, 1.807) is 6.20 Å². The van der Waals surface area contributed by atoms with Crippen molar-refractivity contribution in [3.63, 3.8) is 0 Å². The van der Waals surface area contributed by atoms with Crippen molar-refractivity contribution in [3.05, 3.63) is 53.3 Å². The maximum atomic E-state index is 12.7. The highest BCUT2D eigenvalue weighted by molar-refractivity contribution is 6.03. The molecule has 1 aliphatic heterocycles. The van der Waals surface area contributed by atoms with Gasteiger partial charge in [0.25, 0.3) is 5.91 Å². The molecule has 0 radical (unpaired) electrons. The number of benzene rings is 1. The molecule has 1 atom stereocenters. The van der Waals surface area contributed by atoms with Gasteiger partial charge >= 0.3 is 0 Å². The second-order valence-corrected chi connectivity index (χ2v) is 6.85. The van der Waals surface area contributed by atoms with Crippen LogP contribution in [0.4, 0.5) is 11.4 Å². The molecule has 0 saturated carbocycles. The van der Waals surface area contributed by atoms with Crippen LogP contribution in [0.3, 0.4) is 0 Å². The van der Waals surface area contributed by atoms with Gasteiger partial charge in [0, 0.05) is 30.2 Å². The number of aromatic nitrogens is 1. The Morgan fingerprint density at radius 2 is 2.12 bits per heavy atom. The van der Waals surface area contributed by atoms with Gasteiger partial charge in [-0.3, -0.25) is 9.78 Å². The Labute approximate surface area is 150 Å². The predicted molar refractivity (Wildman–Crippen MR) is 103 cm³/mol. The molecule has 1 aromatic carbocycles. The van der Waals surface area contributed by atoms with Crippen molar-refractivity contribution < 1.29 is 4.79 Å². The van der Waals surface area contributed by atoms with Gasteiger partial charge in [-0.1, -0.05) is 19.1 Å². The molecular weight excluding hydrogens is 310 g/mol. The Bertz CT molecular complexity index is 757. The Kier molecular flexibility index (Phi) is 5.37. The van der Waals surface area contributed by atoms with E-state index in [1.807, 2.05) is 44.2 Å². The Morgan fingerprint density at radius 3 is 2.92 bits per heavy atom. The number of nitrogens with one attached hydrogen (secondary N) is 1. The molecule has 25 heavy (non-hydrogen) atoms. The molecule has 1 N–H and O–H groups in total. The normalized spacial score (nSPS) is 17.4. The monoisotopic (exact) mass is 337 g/mol. The number of rotatable bonds is 4. The van der Waals surface area contributed by atoms with E-state index in [-0.39, 0.29) is 5.91 Å².